The topological polar surface area (TPSA) is 35.2 Å². The van der Waals surface area contributed by atoms with Crippen molar-refractivity contribution in [1.82, 2.24) is 0 Å². The summed E-state index contributed by atoms with van der Waals surface area (Å²) < 4.78 is 5.49. The first kappa shape index (κ1) is 7.56. The van der Waals surface area contributed by atoms with Crippen LogP contribution >= 0.6 is 0 Å². The Bertz CT molecular complexity index is 138. The lowest BCUT2D eigenvalue weighted by Crippen LogP contribution is -2.23. The van der Waals surface area contributed by atoms with E-state index >= 15 is 0 Å². The predicted octanol–water partition coefficient (Wildman–Crippen LogP) is 1.29. The van der Waals surface area contributed by atoms with E-state index in [2.05, 4.69) is 0 Å². The average Bonchev–Trinajstić information content (AvgIpc) is 2.80. The van der Waals surface area contributed by atoms with Crippen LogP contribution in [0.15, 0.2) is 0 Å². The van der Waals surface area contributed by atoms with Crippen molar-refractivity contribution >= 4 is 0 Å². The number of rotatable bonds is 5. The Kier molecular flexibility index (Phi) is 1.90. The molecular weight excluding hydrogens is 138 g/mol. The summed E-state index contributed by atoms with van der Waals surface area (Å²) in [5.41, 5.74) is 6.08. The third-order valence-electron chi connectivity index (χ3n) is 2.69. The van der Waals surface area contributed by atoms with Crippen molar-refractivity contribution in [2.75, 3.05) is 13.2 Å². The van der Waals surface area contributed by atoms with Crippen molar-refractivity contribution in [3.8, 4) is 0 Å². The zero-order valence-corrected chi connectivity index (χ0v) is 7.01. The van der Waals surface area contributed by atoms with Crippen LogP contribution in [-0.2, 0) is 4.74 Å². The van der Waals surface area contributed by atoms with E-state index in [1.54, 1.807) is 0 Å². The van der Waals surface area contributed by atoms with E-state index in [4.69, 9.17) is 10.5 Å². The molecule has 0 aliphatic heterocycles. The van der Waals surface area contributed by atoms with Crippen LogP contribution in [0.1, 0.15) is 32.1 Å². The van der Waals surface area contributed by atoms with E-state index in [0.717, 1.165) is 25.6 Å². The predicted molar refractivity (Wildman–Crippen MR) is 44.3 cm³/mol. The summed E-state index contributed by atoms with van der Waals surface area (Å²) in [6.07, 6.45) is 6.25. The number of nitrogens with two attached hydrogens (primary N) is 1. The maximum atomic E-state index is 5.90. The molecule has 0 bridgehead atoms. The molecule has 2 heteroatoms. The molecule has 2 rings (SSSR count). The van der Waals surface area contributed by atoms with Crippen LogP contribution in [0.5, 0.6) is 0 Å². The van der Waals surface area contributed by atoms with E-state index < -0.39 is 0 Å². The lowest BCUT2D eigenvalue weighted by Gasteiger charge is -2.07. The Labute approximate surface area is 68.1 Å². The summed E-state index contributed by atoms with van der Waals surface area (Å²) >= 11 is 0. The van der Waals surface area contributed by atoms with Crippen molar-refractivity contribution in [1.29, 1.82) is 0 Å². The van der Waals surface area contributed by atoms with E-state index in [1.807, 2.05) is 0 Å². The smallest absolute Gasteiger partial charge is 0.0494 e. The molecule has 11 heavy (non-hydrogen) atoms. The fourth-order valence-electron chi connectivity index (χ4n) is 1.22. The molecule has 0 spiro atoms. The van der Waals surface area contributed by atoms with Crippen LogP contribution in [0.2, 0.25) is 0 Å². The second-order valence-corrected chi connectivity index (χ2v) is 4.13. The average molecular weight is 155 g/mol. The molecular formula is C9H17NO. The summed E-state index contributed by atoms with van der Waals surface area (Å²) in [7, 11) is 0. The minimum absolute atomic E-state index is 0.184. The van der Waals surface area contributed by atoms with Crippen LogP contribution in [-0.4, -0.2) is 18.8 Å². The fourth-order valence-corrected chi connectivity index (χ4v) is 1.22. The van der Waals surface area contributed by atoms with Gasteiger partial charge in [-0.25, -0.2) is 0 Å². The lowest BCUT2D eigenvalue weighted by atomic mass is 10.2. The molecule has 0 atom stereocenters. The quantitative estimate of drug-likeness (QED) is 0.607. The van der Waals surface area contributed by atoms with Gasteiger partial charge in [-0.15, -0.1) is 0 Å². The van der Waals surface area contributed by atoms with Crippen molar-refractivity contribution in [3.05, 3.63) is 0 Å². The molecule has 0 amide bonds. The molecule has 64 valence electrons. The van der Waals surface area contributed by atoms with Crippen LogP contribution in [0.3, 0.4) is 0 Å². The molecule has 2 aliphatic rings. The first-order valence-electron chi connectivity index (χ1n) is 4.65. The Morgan fingerprint density at radius 3 is 2.64 bits per heavy atom. The largest absolute Gasteiger partial charge is 0.381 e. The molecule has 2 N–H and O–H groups in total. The minimum Gasteiger partial charge on any atom is -0.381 e. The Hall–Kier alpha value is -0.0800. The molecule has 2 aliphatic carbocycles. The number of hydrogen-bond acceptors (Lipinski definition) is 2. The van der Waals surface area contributed by atoms with Gasteiger partial charge in [0.1, 0.15) is 0 Å². The minimum atomic E-state index is 0.184. The monoisotopic (exact) mass is 155 g/mol. The van der Waals surface area contributed by atoms with Gasteiger partial charge in [0.05, 0.1) is 0 Å². The second-order valence-electron chi connectivity index (χ2n) is 4.13. The molecule has 2 saturated carbocycles. The first-order chi connectivity index (χ1) is 5.29. The zero-order chi connectivity index (χ0) is 7.73. The maximum absolute atomic E-state index is 5.90. The highest BCUT2D eigenvalue weighted by molar-refractivity contribution is 4.98. The van der Waals surface area contributed by atoms with Crippen molar-refractivity contribution in [2.45, 2.75) is 37.6 Å². The molecule has 0 unspecified atom stereocenters. The van der Waals surface area contributed by atoms with Crippen molar-refractivity contribution in [2.24, 2.45) is 11.7 Å². The molecule has 0 saturated heterocycles. The Morgan fingerprint density at radius 2 is 2.09 bits per heavy atom. The molecule has 0 heterocycles. The molecule has 0 aromatic heterocycles. The Balaban J connectivity index is 1.46. The highest BCUT2D eigenvalue weighted by atomic mass is 16.5. The maximum Gasteiger partial charge on any atom is 0.0494 e. The van der Waals surface area contributed by atoms with Crippen molar-refractivity contribution in [3.63, 3.8) is 0 Å². The van der Waals surface area contributed by atoms with Crippen molar-refractivity contribution < 1.29 is 4.74 Å². The van der Waals surface area contributed by atoms with E-state index in [1.165, 1.54) is 25.7 Å². The van der Waals surface area contributed by atoms with Crippen LogP contribution in [0, 0.1) is 5.92 Å². The standard InChI is InChI=1S/C9H17NO/c10-9(3-4-9)5-6-11-7-8-1-2-8/h8H,1-7,10H2. The van der Waals surface area contributed by atoms with Gasteiger partial charge in [0, 0.05) is 18.8 Å². The molecule has 0 aromatic rings. The van der Waals surface area contributed by atoms with Gasteiger partial charge in [0.2, 0.25) is 0 Å². The summed E-state index contributed by atoms with van der Waals surface area (Å²) in [6.45, 7) is 1.86. The van der Waals surface area contributed by atoms with Gasteiger partial charge in [-0.05, 0) is 38.0 Å². The van der Waals surface area contributed by atoms with E-state index in [9.17, 15) is 0 Å². The summed E-state index contributed by atoms with van der Waals surface area (Å²) in [5, 5.41) is 0. The zero-order valence-electron chi connectivity index (χ0n) is 7.01. The van der Waals surface area contributed by atoms with Crippen LogP contribution < -0.4 is 5.73 Å². The summed E-state index contributed by atoms with van der Waals surface area (Å²) in [4.78, 5) is 0. The van der Waals surface area contributed by atoms with Gasteiger partial charge in [0.15, 0.2) is 0 Å². The van der Waals surface area contributed by atoms with Gasteiger partial charge in [-0.1, -0.05) is 0 Å². The summed E-state index contributed by atoms with van der Waals surface area (Å²) in [6, 6.07) is 0. The fraction of sp³-hybridized carbons (Fsp3) is 1.00. The van der Waals surface area contributed by atoms with Gasteiger partial charge >= 0.3 is 0 Å². The molecule has 0 radical (unpaired) electrons. The summed E-state index contributed by atoms with van der Waals surface area (Å²) in [5.74, 6) is 0.892. The van der Waals surface area contributed by atoms with Gasteiger partial charge in [0.25, 0.3) is 0 Å². The SMILES string of the molecule is NC1(CCOCC2CC2)CC1. The van der Waals surface area contributed by atoms with Crippen LogP contribution in [0.4, 0.5) is 0 Å². The number of hydrogen-bond donors (Lipinski definition) is 1. The molecule has 2 fully saturated rings. The van der Waals surface area contributed by atoms with Gasteiger partial charge in [-0.2, -0.15) is 0 Å². The highest BCUT2D eigenvalue weighted by Gasteiger charge is 2.37. The van der Waals surface area contributed by atoms with E-state index in [0.29, 0.717) is 0 Å². The molecule has 2 nitrogen and oxygen atoms in total. The van der Waals surface area contributed by atoms with E-state index in [-0.39, 0.29) is 5.54 Å². The number of ether oxygens (including phenoxy) is 1. The first-order valence-corrected chi connectivity index (χ1v) is 4.65. The third kappa shape index (κ3) is 2.46. The second kappa shape index (κ2) is 2.76. The highest BCUT2D eigenvalue weighted by Crippen LogP contribution is 2.35. The normalized spacial score (nSPS) is 27.0. The van der Waals surface area contributed by atoms with Gasteiger partial charge < -0.3 is 10.5 Å². The Morgan fingerprint density at radius 1 is 1.36 bits per heavy atom. The lowest BCUT2D eigenvalue weighted by molar-refractivity contribution is 0.116. The van der Waals surface area contributed by atoms with Gasteiger partial charge in [-0.3, -0.25) is 0 Å². The molecule has 0 aromatic carbocycles. The third-order valence-corrected chi connectivity index (χ3v) is 2.69. The van der Waals surface area contributed by atoms with Crippen LogP contribution in [0.25, 0.3) is 0 Å².